The Morgan fingerprint density at radius 2 is 2.05 bits per heavy atom. The van der Waals surface area contributed by atoms with Crippen molar-refractivity contribution in [1.29, 1.82) is 0 Å². The summed E-state index contributed by atoms with van der Waals surface area (Å²) in [5.41, 5.74) is 0.904. The minimum Gasteiger partial charge on any atom is -0.360 e. The summed E-state index contributed by atoms with van der Waals surface area (Å²) in [6.45, 7) is 1.60. The van der Waals surface area contributed by atoms with Crippen LogP contribution in [0.4, 0.5) is 5.82 Å². The van der Waals surface area contributed by atoms with Crippen molar-refractivity contribution in [1.82, 2.24) is 10.5 Å². The number of benzene rings is 1. The van der Waals surface area contributed by atoms with Gasteiger partial charge in [0.05, 0.1) is 6.54 Å². The van der Waals surface area contributed by atoms with Gasteiger partial charge < -0.3 is 15.2 Å². The van der Waals surface area contributed by atoms with Crippen LogP contribution in [0.25, 0.3) is 0 Å². The first-order valence-corrected chi connectivity index (χ1v) is 7.15. The maximum atomic E-state index is 11.7. The number of halogens is 1. The number of nitrogens with zero attached hydrogens (tertiary/aromatic N) is 1. The maximum absolute atomic E-state index is 11.7. The van der Waals surface area contributed by atoms with Gasteiger partial charge in [0.25, 0.3) is 0 Å². The van der Waals surface area contributed by atoms with Gasteiger partial charge in [-0.05, 0) is 25.0 Å². The molecule has 7 heteroatoms. The molecule has 0 aliphatic rings. The monoisotopic (exact) mass is 321 g/mol. The van der Waals surface area contributed by atoms with Crippen molar-refractivity contribution in [3.05, 3.63) is 46.7 Å². The number of amides is 2. The first-order chi connectivity index (χ1) is 10.5. The molecule has 1 heterocycles. The lowest BCUT2D eigenvalue weighted by Gasteiger charge is -2.06. The fourth-order valence-corrected chi connectivity index (χ4v) is 2.06. The van der Waals surface area contributed by atoms with E-state index in [0.717, 1.165) is 5.56 Å². The van der Waals surface area contributed by atoms with E-state index in [1.54, 1.807) is 19.1 Å². The van der Waals surface area contributed by atoms with Crippen LogP contribution in [0.2, 0.25) is 5.02 Å². The predicted octanol–water partition coefficient (Wildman–Crippen LogP) is 2.32. The Morgan fingerprint density at radius 3 is 2.73 bits per heavy atom. The second kappa shape index (κ2) is 7.61. The molecule has 2 amide bonds. The van der Waals surface area contributed by atoms with E-state index in [-0.39, 0.29) is 24.8 Å². The summed E-state index contributed by atoms with van der Waals surface area (Å²) in [5, 5.41) is 9.34. The van der Waals surface area contributed by atoms with E-state index in [4.69, 9.17) is 16.1 Å². The summed E-state index contributed by atoms with van der Waals surface area (Å²) < 4.78 is 4.83. The van der Waals surface area contributed by atoms with Gasteiger partial charge in [0.15, 0.2) is 5.82 Å². The summed E-state index contributed by atoms with van der Waals surface area (Å²) >= 11 is 6.02. The third-order valence-corrected chi connectivity index (χ3v) is 3.29. The van der Waals surface area contributed by atoms with Gasteiger partial charge in [-0.2, -0.15) is 0 Å². The minimum absolute atomic E-state index is 0.118. The van der Waals surface area contributed by atoms with Gasteiger partial charge in [0.1, 0.15) is 5.76 Å². The molecule has 6 nitrogen and oxygen atoms in total. The van der Waals surface area contributed by atoms with Crippen molar-refractivity contribution < 1.29 is 14.1 Å². The highest BCUT2D eigenvalue weighted by atomic mass is 35.5. The van der Waals surface area contributed by atoms with Crippen LogP contribution in [-0.4, -0.2) is 23.5 Å². The second-order valence-corrected chi connectivity index (χ2v) is 5.15. The molecule has 0 bridgehead atoms. The Kier molecular flexibility index (Phi) is 5.55. The highest BCUT2D eigenvalue weighted by Gasteiger charge is 2.09. The van der Waals surface area contributed by atoms with Crippen LogP contribution in [0.15, 0.2) is 34.9 Å². The zero-order valence-corrected chi connectivity index (χ0v) is 12.8. The van der Waals surface area contributed by atoms with Crippen LogP contribution in [0.5, 0.6) is 0 Å². The maximum Gasteiger partial charge on any atom is 0.245 e. The standard InChI is InChI=1S/C15H16ClN3O3/c1-10-8-13(19-22-10)18-15(21)9-17-14(20)7-6-11-4-2-3-5-12(11)16/h2-5,8H,6-7,9H2,1H3,(H,17,20)(H,18,19,21). The van der Waals surface area contributed by atoms with Crippen molar-refractivity contribution in [3.63, 3.8) is 0 Å². The van der Waals surface area contributed by atoms with E-state index in [0.29, 0.717) is 23.0 Å². The van der Waals surface area contributed by atoms with Crippen molar-refractivity contribution in [2.24, 2.45) is 0 Å². The minimum atomic E-state index is -0.362. The van der Waals surface area contributed by atoms with Gasteiger partial charge >= 0.3 is 0 Å². The highest BCUT2D eigenvalue weighted by molar-refractivity contribution is 6.31. The lowest BCUT2D eigenvalue weighted by atomic mass is 10.1. The summed E-state index contributed by atoms with van der Waals surface area (Å²) in [6, 6.07) is 8.95. The molecule has 0 saturated carbocycles. The molecular formula is C15H16ClN3O3. The zero-order valence-electron chi connectivity index (χ0n) is 12.1. The van der Waals surface area contributed by atoms with E-state index in [1.165, 1.54) is 0 Å². The van der Waals surface area contributed by atoms with E-state index in [9.17, 15) is 9.59 Å². The fraction of sp³-hybridized carbons (Fsp3) is 0.267. The number of carbonyl (C=O) groups is 2. The Balaban J connectivity index is 1.71. The van der Waals surface area contributed by atoms with Gasteiger partial charge in [-0.1, -0.05) is 35.0 Å². The van der Waals surface area contributed by atoms with E-state index in [2.05, 4.69) is 15.8 Å². The van der Waals surface area contributed by atoms with Crippen LogP contribution in [0.1, 0.15) is 17.7 Å². The Labute approximate surface area is 132 Å². The number of aromatic nitrogens is 1. The number of aryl methyl sites for hydroxylation is 2. The molecule has 0 unspecified atom stereocenters. The first-order valence-electron chi connectivity index (χ1n) is 6.78. The SMILES string of the molecule is Cc1cc(NC(=O)CNC(=O)CCc2ccccc2Cl)no1. The molecule has 22 heavy (non-hydrogen) atoms. The van der Waals surface area contributed by atoms with Crippen LogP contribution in [0, 0.1) is 6.92 Å². The molecule has 1 aromatic heterocycles. The number of hydrogen-bond acceptors (Lipinski definition) is 4. The smallest absolute Gasteiger partial charge is 0.245 e. The van der Waals surface area contributed by atoms with Gasteiger partial charge in [0, 0.05) is 17.5 Å². The topological polar surface area (TPSA) is 84.2 Å². The number of nitrogens with one attached hydrogen (secondary N) is 2. The van der Waals surface area contributed by atoms with E-state index < -0.39 is 0 Å². The van der Waals surface area contributed by atoms with Crippen LogP contribution >= 0.6 is 11.6 Å². The van der Waals surface area contributed by atoms with E-state index in [1.807, 2.05) is 18.2 Å². The molecule has 2 aromatic rings. The Bertz CT molecular complexity index is 670. The molecule has 0 fully saturated rings. The van der Waals surface area contributed by atoms with Gasteiger partial charge in [0.2, 0.25) is 11.8 Å². The lowest BCUT2D eigenvalue weighted by molar-refractivity contribution is -0.124. The fourth-order valence-electron chi connectivity index (χ4n) is 1.83. The average molecular weight is 322 g/mol. The molecular weight excluding hydrogens is 306 g/mol. The Hall–Kier alpha value is -2.34. The van der Waals surface area contributed by atoms with Gasteiger partial charge in [-0.3, -0.25) is 9.59 Å². The van der Waals surface area contributed by atoms with Crippen LogP contribution < -0.4 is 10.6 Å². The van der Waals surface area contributed by atoms with Gasteiger partial charge in [-0.25, -0.2) is 0 Å². The molecule has 0 radical (unpaired) electrons. The molecule has 0 saturated heterocycles. The number of carbonyl (C=O) groups excluding carboxylic acids is 2. The first kappa shape index (κ1) is 16.0. The Morgan fingerprint density at radius 1 is 1.27 bits per heavy atom. The quantitative estimate of drug-likeness (QED) is 0.855. The van der Waals surface area contributed by atoms with Crippen molar-refractivity contribution in [2.75, 3.05) is 11.9 Å². The van der Waals surface area contributed by atoms with Crippen LogP contribution in [0.3, 0.4) is 0 Å². The van der Waals surface area contributed by atoms with Crippen LogP contribution in [-0.2, 0) is 16.0 Å². The molecule has 116 valence electrons. The zero-order chi connectivity index (χ0) is 15.9. The van der Waals surface area contributed by atoms with Crippen molar-refractivity contribution in [2.45, 2.75) is 19.8 Å². The summed E-state index contributed by atoms with van der Waals surface area (Å²) in [7, 11) is 0. The largest absolute Gasteiger partial charge is 0.360 e. The molecule has 0 atom stereocenters. The number of rotatable bonds is 6. The third-order valence-electron chi connectivity index (χ3n) is 2.92. The summed E-state index contributed by atoms with van der Waals surface area (Å²) in [4.78, 5) is 23.3. The molecule has 2 rings (SSSR count). The number of hydrogen-bond donors (Lipinski definition) is 2. The number of anilines is 1. The van der Waals surface area contributed by atoms with Gasteiger partial charge in [-0.15, -0.1) is 0 Å². The molecule has 2 N–H and O–H groups in total. The molecule has 1 aromatic carbocycles. The predicted molar refractivity (Wildman–Crippen MR) is 82.7 cm³/mol. The van der Waals surface area contributed by atoms with Crippen molar-refractivity contribution >= 4 is 29.2 Å². The lowest BCUT2D eigenvalue weighted by Crippen LogP contribution is -2.33. The highest BCUT2D eigenvalue weighted by Crippen LogP contribution is 2.16. The second-order valence-electron chi connectivity index (χ2n) is 4.74. The normalized spacial score (nSPS) is 10.3. The third kappa shape index (κ3) is 4.89. The molecule has 0 aliphatic heterocycles. The average Bonchev–Trinajstić information content (AvgIpc) is 2.89. The summed E-state index contributed by atoms with van der Waals surface area (Å²) in [5.74, 6) is 0.345. The molecule has 0 aliphatic carbocycles. The van der Waals surface area contributed by atoms with E-state index >= 15 is 0 Å². The van der Waals surface area contributed by atoms with Crippen molar-refractivity contribution in [3.8, 4) is 0 Å². The molecule has 0 spiro atoms. The summed E-state index contributed by atoms with van der Waals surface area (Å²) in [6.07, 6.45) is 0.787.